The summed E-state index contributed by atoms with van der Waals surface area (Å²) in [4.78, 5) is 24.1. The van der Waals surface area contributed by atoms with E-state index >= 15 is 0 Å². The molecule has 0 saturated heterocycles. The van der Waals surface area contributed by atoms with Crippen molar-refractivity contribution in [3.8, 4) is 0 Å². The molecule has 0 spiro atoms. The molecule has 7 heteroatoms. The number of ether oxygens (including phenoxy) is 2. The predicted molar refractivity (Wildman–Crippen MR) is 86.0 cm³/mol. The van der Waals surface area contributed by atoms with Crippen molar-refractivity contribution in [3.63, 3.8) is 0 Å². The summed E-state index contributed by atoms with van der Waals surface area (Å²) < 4.78 is 10.4. The maximum Gasteiger partial charge on any atom is 0.338 e. The second-order valence-electron chi connectivity index (χ2n) is 4.96. The van der Waals surface area contributed by atoms with Gasteiger partial charge in [-0.15, -0.1) is 0 Å². The number of carbonyl (C=O) groups excluding carboxylic acids is 2. The second kappa shape index (κ2) is 7.99. The van der Waals surface area contributed by atoms with Gasteiger partial charge >= 0.3 is 12.0 Å². The van der Waals surface area contributed by atoms with E-state index in [1.165, 1.54) is 0 Å². The molecule has 0 saturated carbocycles. The fourth-order valence-corrected chi connectivity index (χ4v) is 2.51. The quantitative estimate of drug-likeness (QED) is 0.617. The zero-order valence-corrected chi connectivity index (χ0v) is 13.8. The van der Waals surface area contributed by atoms with Gasteiger partial charge in [0.05, 0.1) is 18.2 Å². The van der Waals surface area contributed by atoms with E-state index in [1.807, 2.05) is 6.92 Å². The Bertz CT molecular complexity index is 630. The Morgan fingerprint density at radius 2 is 2.13 bits per heavy atom. The molecule has 0 aliphatic carbocycles. The minimum atomic E-state index is -0.609. The number of halogens is 1. The van der Waals surface area contributed by atoms with Crippen LogP contribution in [0.25, 0.3) is 0 Å². The Labute approximate surface area is 139 Å². The Balaban J connectivity index is 2.22. The molecule has 0 aromatic heterocycles. The van der Waals surface area contributed by atoms with Gasteiger partial charge in [0.15, 0.2) is 0 Å². The molecular weight excluding hydrogens is 320 g/mol. The van der Waals surface area contributed by atoms with E-state index in [2.05, 4.69) is 10.6 Å². The van der Waals surface area contributed by atoms with Crippen molar-refractivity contribution < 1.29 is 19.1 Å². The van der Waals surface area contributed by atoms with Gasteiger partial charge in [0, 0.05) is 17.3 Å². The van der Waals surface area contributed by atoms with Crippen LogP contribution in [0.2, 0.25) is 5.02 Å². The maximum atomic E-state index is 12.4. The monoisotopic (exact) mass is 338 g/mol. The number of hydrogen-bond acceptors (Lipinski definition) is 4. The van der Waals surface area contributed by atoms with Crippen LogP contribution in [0.3, 0.4) is 0 Å². The summed E-state index contributed by atoms with van der Waals surface area (Å²) in [6.07, 6.45) is 0. The molecule has 6 nitrogen and oxygen atoms in total. The lowest BCUT2D eigenvalue weighted by Crippen LogP contribution is -2.45. The van der Waals surface area contributed by atoms with Gasteiger partial charge < -0.3 is 20.1 Å². The Morgan fingerprint density at radius 1 is 1.35 bits per heavy atom. The van der Waals surface area contributed by atoms with Crippen LogP contribution < -0.4 is 10.6 Å². The van der Waals surface area contributed by atoms with Crippen LogP contribution in [0, 0.1) is 0 Å². The van der Waals surface area contributed by atoms with E-state index in [1.54, 1.807) is 31.2 Å². The first kappa shape index (κ1) is 17.3. The fourth-order valence-electron chi connectivity index (χ4n) is 2.32. The number of urea groups is 1. The standard InChI is InChI=1S/C16H19ClN2O4/c1-3-22-7-8-23-15(20)13-10(2)18-16(21)19-14(13)11-5-4-6-12(17)9-11/h4-6,9,14H,3,7-8H2,1-2H3,(H2,18,19,21)/t14-/m0/s1. The van der Waals surface area contributed by atoms with E-state index in [0.717, 1.165) is 0 Å². The summed E-state index contributed by atoms with van der Waals surface area (Å²) in [7, 11) is 0. The zero-order valence-electron chi connectivity index (χ0n) is 13.0. The molecule has 2 rings (SSSR count). The van der Waals surface area contributed by atoms with Gasteiger partial charge in [0.25, 0.3) is 0 Å². The lowest BCUT2D eigenvalue weighted by Gasteiger charge is -2.28. The number of nitrogens with one attached hydrogen (secondary N) is 2. The number of hydrogen-bond donors (Lipinski definition) is 2. The van der Waals surface area contributed by atoms with Crippen LogP contribution in [0.4, 0.5) is 4.79 Å². The Hall–Kier alpha value is -2.05. The molecule has 0 fully saturated rings. The lowest BCUT2D eigenvalue weighted by atomic mass is 9.96. The number of amides is 2. The molecular formula is C16H19ClN2O4. The number of allylic oxidation sites excluding steroid dienone is 1. The van der Waals surface area contributed by atoms with Gasteiger partial charge in [0.2, 0.25) is 0 Å². The van der Waals surface area contributed by atoms with E-state index in [-0.39, 0.29) is 12.6 Å². The van der Waals surface area contributed by atoms with Gasteiger partial charge in [-0.25, -0.2) is 9.59 Å². The SMILES string of the molecule is CCOCCOC(=O)C1=C(C)NC(=O)N[C@H]1c1cccc(Cl)c1. The molecule has 1 heterocycles. The van der Waals surface area contributed by atoms with Crippen molar-refractivity contribution in [2.75, 3.05) is 19.8 Å². The van der Waals surface area contributed by atoms with E-state index in [0.29, 0.717) is 35.1 Å². The summed E-state index contributed by atoms with van der Waals surface area (Å²) in [5.41, 5.74) is 1.52. The number of esters is 1. The van der Waals surface area contributed by atoms with Crippen LogP contribution in [-0.4, -0.2) is 31.8 Å². The van der Waals surface area contributed by atoms with Crippen molar-refractivity contribution in [2.24, 2.45) is 0 Å². The van der Waals surface area contributed by atoms with Crippen molar-refractivity contribution in [3.05, 3.63) is 46.1 Å². The normalized spacial score (nSPS) is 17.5. The first-order chi connectivity index (χ1) is 11.0. The second-order valence-corrected chi connectivity index (χ2v) is 5.39. The molecule has 1 aliphatic rings. The molecule has 2 N–H and O–H groups in total. The molecule has 23 heavy (non-hydrogen) atoms. The summed E-state index contributed by atoms with van der Waals surface area (Å²) in [6.45, 7) is 4.57. The maximum absolute atomic E-state index is 12.4. The minimum absolute atomic E-state index is 0.152. The smallest absolute Gasteiger partial charge is 0.338 e. The molecule has 1 aliphatic heterocycles. The largest absolute Gasteiger partial charge is 0.460 e. The summed E-state index contributed by atoms with van der Waals surface area (Å²) in [6, 6.07) is 6.01. The van der Waals surface area contributed by atoms with Crippen molar-refractivity contribution in [1.82, 2.24) is 10.6 Å². The van der Waals surface area contributed by atoms with Crippen LogP contribution in [0.15, 0.2) is 35.5 Å². The first-order valence-corrected chi connectivity index (χ1v) is 7.69. The molecule has 1 aromatic rings. The summed E-state index contributed by atoms with van der Waals surface area (Å²) >= 11 is 6.01. The first-order valence-electron chi connectivity index (χ1n) is 7.31. The molecule has 0 unspecified atom stereocenters. The molecule has 0 radical (unpaired) electrons. The van der Waals surface area contributed by atoms with Gasteiger partial charge in [0.1, 0.15) is 6.61 Å². The minimum Gasteiger partial charge on any atom is -0.460 e. The van der Waals surface area contributed by atoms with Crippen molar-refractivity contribution in [1.29, 1.82) is 0 Å². The fraction of sp³-hybridized carbons (Fsp3) is 0.375. The summed E-state index contributed by atoms with van der Waals surface area (Å²) in [5, 5.41) is 5.84. The number of benzene rings is 1. The third-order valence-electron chi connectivity index (χ3n) is 3.34. The third kappa shape index (κ3) is 4.46. The van der Waals surface area contributed by atoms with Gasteiger partial charge in [-0.3, -0.25) is 0 Å². The topological polar surface area (TPSA) is 76.7 Å². The Kier molecular flexibility index (Phi) is 6.01. The summed E-state index contributed by atoms with van der Waals surface area (Å²) in [5.74, 6) is -0.500. The molecule has 1 atom stereocenters. The van der Waals surface area contributed by atoms with Crippen LogP contribution in [-0.2, 0) is 14.3 Å². The Morgan fingerprint density at radius 3 is 2.83 bits per heavy atom. The predicted octanol–water partition coefficient (Wildman–Crippen LogP) is 2.55. The van der Waals surface area contributed by atoms with Crippen LogP contribution in [0.1, 0.15) is 25.5 Å². The van der Waals surface area contributed by atoms with E-state index < -0.39 is 12.0 Å². The van der Waals surface area contributed by atoms with Crippen LogP contribution in [0.5, 0.6) is 0 Å². The van der Waals surface area contributed by atoms with Crippen LogP contribution >= 0.6 is 11.6 Å². The molecule has 0 bridgehead atoms. The van der Waals surface area contributed by atoms with E-state index in [4.69, 9.17) is 21.1 Å². The number of carbonyl (C=O) groups is 2. The average molecular weight is 339 g/mol. The highest BCUT2D eigenvalue weighted by atomic mass is 35.5. The molecule has 124 valence electrons. The van der Waals surface area contributed by atoms with Gasteiger partial charge in [-0.05, 0) is 31.5 Å². The number of rotatable bonds is 6. The highest BCUT2D eigenvalue weighted by Gasteiger charge is 2.32. The zero-order chi connectivity index (χ0) is 16.8. The highest BCUT2D eigenvalue weighted by molar-refractivity contribution is 6.30. The van der Waals surface area contributed by atoms with Crippen molar-refractivity contribution >= 4 is 23.6 Å². The average Bonchev–Trinajstić information content (AvgIpc) is 2.50. The lowest BCUT2D eigenvalue weighted by molar-refractivity contribution is -0.141. The van der Waals surface area contributed by atoms with Crippen molar-refractivity contribution in [2.45, 2.75) is 19.9 Å². The third-order valence-corrected chi connectivity index (χ3v) is 3.57. The van der Waals surface area contributed by atoms with Gasteiger partial charge in [-0.2, -0.15) is 0 Å². The van der Waals surface area contributed by atoms with E-state index in [9.17, 15) is 9.59 Å². The highest BCUT2D eigenvalue weighted by Crippen LogP contribution is 2.28. The van der Waals surface area contributed by atoms with Gasteiger partial charge in [-0.1, -0.05) is 23.7 Å². The molecule has 1 aromatic carbocycles. The molecule has 2 amide bonds.